The van der Waals surface area contributed by atoms with Crippen molar-refractivity contribution in [3.63, 3.8) is 0 Å². The average molecular weight is 279 g/mol. The van der Waals surface area contributed by atoms with Gasteiger partial charge < -0.3 is 5.11 Å². The molecular formula is C16H22FNO2. The molecule has 0 radical (unpaired) electrons. The van der Waals surface area contributed by atoms with Gasteiger partial charge >= 0.3 is 5.97 Å². The van der Waals surface area contributed by atoms with Gasteiger partial charge in [-0.05, 0) is 37.8 Å². The van der Waals surface area contributed by atoms with E-state index in [4.69, 9.17) is 5.11 Å². The molecule has 0 bridgehead atoms. The highest BCUT2D eigenvalue weighted by Gasteiger charge is 2.29. The van der Waals surface area contributed by atoms with Crippen molar-refractivity contribution in [3.05, 3.63) is 35.6 Å². The molecule has 1 saturated heterocycles. The summed E-state index contributed by atoms with van der Waals surface area (Å²) in [6, 6.07) is 7.06. The molecule has 2 rings (SSSR count). The van der Waals surface area contributed by atoms with Crippen LogP contribution in [-0.2, 0) is 4.79 Å². The van der Waals surface area contributed by atoms with E-state index in [9.17, 15) is 9.18 Å². The van der Waals surface area contributed by atoms with E-state index >= 15 is 0 Å². The first-order valence-electron chi connectivity index (χ1n) is 7.32. The summed E-state index contributed by atoms with van der Waals surface area (Å²) in [6.07, 6.45) is 2.83. The first-order valence-corrected chi connectivity index (χ1v) is 7.32. The number of rotatable bonds is 6. The summed E-state index contributed by atoms with van der Waals surface area (Å²) in [5.74, 6) is -0.454. The van der Waals surface area contributed by atoms with E-state index in [1.54, 1.807) is 6.07 Å². The number of nitrogens with zero attached hydrogens (tertiary/aromatic N) is 1. The van der Waals surface area contributed by atoms with Crippen LogP contribution < -0.4 is 0 Å². The Labute approximate surface area is 119 Å². The molecular weight excluding hydrogens is 257 g/mol. The van der Waals surface area contributed by atoms with Gasteiger partial charge in [0, 0.05) is 24.6 Å². The van der Waals surface area contributed by atoms with Crippen molar-refractivity contribution in [1.29, 1.82) is 0 Å². The third-order valence-electron chi connectivity index (χ3n) is 4.18. The maximum absolute atomic E-state index is 13.9. The van der Waals surface area contributed by atoms with Gasteiger partial charge in [0.25, 0.3) is 0 Å². The molecule has 0 spiro atoms. The van der Waals surface area contributed by atoms with Gasteiger partial charge in [-0.25, -0.2) is 4.39 Å². The minimum atomic E-state index is -0.732. The quantitative estimate of drug-likeness (QED) is 0.867. The molecule has 1 aromatic rings. The van der Waals surface area contributed by atoms with E-state index in [1.165, 1.54) is 6.07 Å². The van der Waals surface area contributed by atoms with Crippen LogP contribution in [0.15, 0.2) is 24.3 Å². The van der Waals surface area contributed by atoms with Gasteiger partial charge in [0.15, 0.2) is 0 Å². The number of hydrogen-bond donors (Lipinski definition) is 1. The van der Waals surface area contributed by atoms with Gasteiger partial charge in [-0.3, -0.25) is 9.69 Å². The van der Waals surface area contributed by atoms with Crippen LogP contribution in [0.1, 0.15) is 44.2 Å². The highest BCUT2D eigenvalue weighted by molar-refractivity contribution is 5.66. The largest absolute Gasteiger partial charge is 0.481 e. The van der Waals surface area contributed by atoms with Crippen molar-refractivity contribution in [2.24, 2.45) is 5.92 Å². The zero-order chi connectivity index (χ0) is 14.5. The van der Waals surface area contributed by atoms with Crippen molar-refractivity contribution in [3.8, 4) is 0 Å². The summed E-state index contributed by atoms with van der Waals surface area (Å²) in [7, 11) is 0. The highest BCUT2D eigenvalue weighted by atomic mass is 19.1. The molecule has 0 amide bonds. The minimum Gasteiger partial charge on any atom is -0.481 e. The molecule has 3 nitrogen and oxygen atoms in total. The first-order chi connectivity index (χ1) is 9.61. The monoisotopic (exact) mass is 279 g/mol. The molecule has 2 atom stereocenters. The van der Waals surface area contributed by atoms with Gasteiger partial charge in [0.1, 0.15) is 5.82 Å². The molecule has 1 N–H and O–H groups in total. The third kappa shape index (κ3) is 3.57. The lowest BCUT2D eigenvalue weighted by atomic mass is 10.0. The Bertz CT molecular complexity index is 464. The summed E-state index contributed by atoms with van der Waals surface area (Å²) in [5, 5.41) is 8.75. The van der Waals surface area contributed by atoms with Gasteiger partial charge in [0.2, 0.25) is 0 Å². The zero-order valence-electron chi connectivity index (χ0n) is 11.9. The Morgan fingerprint density at radius 1 is 1.50 bits per heavy atom. The highest BCUT2D eigenvalue weighted by Crippen LogP contribution is 2.32. The number of hydrogen-bond acceptors (Lipinski definition) is 2. The fourth-order valence-electron chi connectivity index (χ4n) is 3.13. The van der Waals surface area contributed by atoms with Crippen LogP contribution in [0.25, 0.3) is 0 Å². The average Bonchev–Trinajstić information content (AvgIpc) is 2.88. The zero-order valence-corrected chi connectivity index (χ0v) is 11.9. The second-order valence-electron chi connectivity index (χ2n) is 5.53. The van der Waals surface area contributed by atoms with Crippen molar-refractivity contribution in [1.82, 2.24) is 4.90 Å². The first kappa shape index (κ1) is 15.0. The lowest BCUT2D eigenvalue weighted by molar-refractivity contribution is -0.137. The Kier molecular flexibility index (Phi) is 5.12. The normalized spacial score (nSPS) is 21.0. The molecule has 1 fully saturated rings. The van der Waals surface area contributed by atoms with Crippen LogP contribution in [-0.4, -0.2) is 29.1 Å². The second kappa shape index (κ2) is 6.84. The maximum atomic E-state index is 13.9. The van der Waals surface area contributed by atoms with Gasteiger partial charge in [0.05, 0.1) is 0 Å². The summed E-state index contributed by atoms with van der Waals surface area (Å²) >= 11 is 0. The molecule has 4 heteroatoms. The topological polar surface area (TPSA) is 40.5 Å². The second-order valence-corrected chi connectivity index (χ2v) is 5.53. The lowest BCUT2D eigenvalue weighted by Gasteiger charge is -2.27. The fourth-order valence-corrected chi connectivity index (χ4v) is 3.13. The van der Waals surface area contributed by atoms with Crippen LogP contribution in [0.4, 0.5) is 4.39 Å². The van der Waals surface area contributed by atoms with E-state index in [2.05, 4.69) is 11.8 Å². The molecule has 110 valence electrons. The summed E-state index contributed by atoms with van der Waals surface area (Å²) in [6.45, 7) is 3.87. The smallest absolute Gasteiger partial charge is 0.303 e. The van der Waals surface area contributed by atoms with E-state index in [0.29, 0.717) is 5.92 Å². The standard InChI is InChI=1S/C16H22FNO2/c1-2-15(13-5-3-4-6-14(13)17)18-10-9-12(11-18)7-8-16(19)20/h3-6,12,15H,2,7-11H2,1H3,(H,19,20). The molecule has 1 aliphatic heterocycles. The molecule has 1 heterocycles. The number of halogens is 1. The number of carboxylic acid groups (broad SMARTS) is 1. The van der Waals surface area contributed by atoms with E-state index < -0.39 is 5.97 Å². The third-order valence-corrected chi connectivity index (χ3v) is 4.18. The maximum Gasteiger partial charge on any atom is 0.303 e. The predicted octanol–water partition coefficient (Wildman–Crippen LogP) is 3.46. The number of carboxylic acids is 1. The van der Waals surface area contributed by atoms with Crippen molar-refractivity contribution < 1.29 is 14.3 Å². The lowest BCUT2D eigenvalue weighted by Crippen LogP contribution is -2.27. The van der Waals surface area contributed by atoms with Crippen LogP contribution >= 0.6 is 0 Å². The fraction of sp³-hybridized carbons (Fsp3) is 0.562. The van der Waals surface area contributed by atoms with Crippen LogP contribution in [0, 0.1) is 11.7 Å². The predicted molar refractivity (Wildman–Crippen MR) is 76.0 cm³/mol. The molecule has 1 aromatic carbocycles. The SMILES string of the molecule is CCC(c1ccccc1F)N1CCC(CCC(=O)O)C1. The number of carbonyl (C=O) groups is 1. The Morgan fingerprint density at radius 3 is 2.90 bits per heavy atom. The van der Waals surface area contributed by atoms with Crippen molar-refractivity contribution >= 4 is 5.97 Å². The van der Waals surface area contributed by atoms with E-state index in [-0.39, 0.29) is 18.3 Å². The Hall–Kier alpha value is -1.42. The Morgan fingerprint density at radius 2 is 2.25 bits per heavy atom. The number of likely N-dealkylation sites (tertiary alicyclic amines) is 1. The van der Waals surface area contributed by atoms with Gasteiger partial charge in [-0.2, -0.15) is 0 Å². The van der Waals surface area contributed by atoms with Crippen molar-refractivity contribution in [2.75, 3.05) is 13.1 Å². The van der Waals surface area contributed by atoms with Crippen LogP contribution in [0.2, 0.25) is 0 Å². The molecule has 0 saturated carbocycles. The molecule has 1 aliphatic rings. The molecule has 0 aliphatic carbocycles. The van der Waals surface area contributed by atoms with E-state index in [0.717, 1.165) is 37.9 Å². The molecule has 0 aromatic heterocycles. The van der Waals surface area contributed by atoms with E-state index in [1.807, 2.05) is 12.1 Å². The molecule has 2 unspecified atom stereocenters. The summed E-state index contributed by atoms with van der Waals surface area (Å²) in [5.41, 5.74) is 0.758. The van der Waals surface area contributed by atoms with Gasteiger partial charge in [-0.1, -0.05) is 25.1 Å². The minimum absolute atomic E-state index is 0.103. The number of benzene rings is 1. The summed E-state index contributed by atoms with van der Waals surface area (Å²) < 4.78 is 13.9. The Balaban J connectivity index is 2.00. The molecule has 20 heavy (non-hydrogen) atoms. The van der Waals surface area contributed by atoms with Gasteiger partial charge in [-0.15, -0.1) is 0 Å². The summed E-state index contributed by atoms with van der Waals surface area (Å²) in [4.78, 5) is 12.9. The van der Waals surface area contributed by atoms with Crippen molar-refractivity contribution in [2.45, 2.75) is 38.6 Å². The van der Waals surface area contributed by atoms with Crippen LogP contribution in [0.5, 0.6) is 0 Å². The van der Waals surface area contributed by atoms with Crippen LogP contribution in [0.3, 0.4) is 0 Å². The number of aliphatic carboxylic acids is 1.